The van der Waals surface area contributed by atoms with Gasteiger partial charge in [0.05, 0.1) is 0 Å². The maximum absolute atomic E-state index is 4.31. The number of rotatable bonds is 3. The molecule has 2 rings (SSSR count). The summed E-state index contributed by atoms with van der Waals surface area (Å²) >= 11 is 2.01. The Bertz CT molecular complexity index is 312. The fraction of sp³-hybridized carbons (Fsp3) is 0.600. The third-order valence-corrected chi connectivity index (χ3v) is 3.29. The minimum absolute atomic E-state index is 0.895. The van der Waals surface area contributed by atoms with Crippen LogP contribution in [0.1, 0.15) is 6.92 Å². The molecule has 5 heteroatoms. The summed E-state index contributed by atoms with van der Waals surface area (Å²) in [6.07, 6.45) is 1.63. The highest BCUT2D eigenvalue weighted by atomic mass is 32.2. The molecule has 0 unspecified atom stereocenters. The lowest BCUT2D eigenvalue weighted by Gasteiger charge is -2.27. The summed E-state index contributed by atoms with van der Waals surface area (Å²) in [5.74, 6) is 4.35. The Morgan fingerprint density at radius 2 is 2.20 bits per heavy atom. The molecule has 0 aromatic carbocycles. The number of thioether (sulfide) groups is 1. The zero-order valence-electron chi connectivity index (χ0n) is 8.94. The van der Waals surface area contributed by atoms with Crippen molar-refractivity contribution in [2.75, 3.05) is 41.4 Å². The first-order valence-corrected chi connectivity index (χ1v) is 6.44. The number of aromatic nitrogens is 2. The van der Waals surface area contributed by atoms with Gasteiger partial charge in [0, 0.05) is 37.2 Å². The van der Waals surface area contributed by atoms with Gasteiger partial charge in [0.1, 0.15) is 18.0 Å². The van der Waals surface area contributed by atoms with Crippen molar-refractivity contribution in [3.05, 3.63) is 12.4 Å². The van der Waals surface area contributed by atoms with Crippen LogP contribution in [-0.2, 0) is 0 Å². The Morgan fingerprint density at radius 3 is 2.93 bits per heavy atom. The highest BCUT2D eigenvalue weighted by Crippen LogP contribution is 2.18. The smallest absolute Gasteiger partial charge is 0.134 e. The summed E-state index contributed by atoms with van der Waals surface area (Å²) in [5, 5.41) is 3.20. The van der Waals surface area contributed by atoms with Gasteiger partial charge in [-0.2, -0.15) is 11.8 Å². The largest absolute Gasteiger partial charge is 0.370 e. The molecule has 1 aliphatic heterocycles. The molecule has 0 aliphatic carbocycles. The molecule has 1 saturated heterocycles. The van der Waals surface area contributed by atoms with Crippen LogP contribution in [0.5, 0.6) is 0 Å². The van der Waals surface area contributed by atoms with E-state index in [1.165, 1.54) is 11.5 Å². The molecule has 2 heterocycles. The van der Waals surface area contributed by atoms with E-state index >= 15 is 0 Å². The monoisotopic (exact) mass is 224 g/mol. The molecule has 0 spiro atoms. The van der Waals surface area contributed by atoms with Crippen LogP contribution in [-0.4, -0.2) is 41.1 Å². The molecule has 1 aromatic heterocycles. The molecule has 0 radical (unpaired) electrons. The second-order valence-corrected chi connectivity index (χ2v) is 4.62. The highest BCUT2D eigenvalue weighted by Gasteiger charge is 2.12. The molecule has 1 N–H and O–H groups in total. The minimum atomic E-state index is 0.895. The molecule has 1 aliphatic rings. The van der Waals surface area contributed by atoms with Gasteiger partial charge in [0.2, 0.25) is 0 Å². The third-order valence-electron chi connectivity index (χ3n) is 2.35. The Balaban J connectivity index is 2.09. The van der Waals surface area contributed by atoms with Crippen molar-refractivity contribution in [3.8, 4) is 0 Å². The van der Waals surface area contributed by atoms with E-state index in [1.54, 1.807) is 6.33 Å². The number of hydrogen-bond acceptors (Lipinski definition) is 5. The number of hydrogen-bond donors (Lipinski definition) is 1. The van der Waals surface area contributed by atoms with Gasteiger partial charge in [0.25, 0.3) is 0 Å². The van der Waals surface area contributed by atoms with E-state index < -0.39 is 0 Å². The van der Waals surface area contributed by atoms with E-state index in [9.17, 15) is 0 Å². The Labute approximate surface area is 94.5 Å². The maximum Gasteiger partial charge on any atom is 0.134 e. The maximum atomic E-state index is 4.31. The second-order valence-electron chi connectivity index (χ2n) is 3.39. The Hall–Kier alpha value is -0.970. The van der Waals surface area contributed by atoms with Gasteiger partial charge in [-0.25, -0.2) is 9.97 Å². The van der Waals surface area contributed by atoms with Gasteiger partial charge < -0.3 is 10.2 Å². The van der Waals surface area contributed by atoms with Crippen molar-refractivity contribution in [1.29, 1.82) is 0 Å². The SMILES string of the molecule is CCNc1cc(N2CCSCC2)ncn1. The molecule has 1 aromatic rings. The van der Waals surface area contributed by atoms with Crippen LogP contribution in [0.2, 0.25) is 0 Å². The summed E-state index contributed by atoms with van der Waals surface area (Å²) in [7, 11) is 0. The first-order chi connectivity index (χ1) is 7.40. The lowest BCUT2D eigenvalue weighted by atomic mass is 10.4. The zero-order chi connectivity index (χ0) is 10.5. The lowest BCUT2D eigenvalue weighted by molar-refractivity contribution is 0.835. The molecule has 0 atom stereocenters. The quantitative estimate of drug-likeness (QED) is 0.842. The van der Waals surface area contributed by atoms with Crippen LogP contribution < -0.4 is 10.2 Å². The average Bonchev–Trinajstić information content (AvgIpc) is 2.31. The van der Waals surface area contributed by atoms with Crippen LogP contribution in [0.25, 0.3) is 0 Å². The van der Waals surface area contributed by atoms with Gasteiger partial charge in [-0.05, 0) is 6.92 Å². The van der Waals surface area contributed by atoms with Crippen LogP contribution in [0.3, 0.4) is 0 Å². The summed E-state index contributed by atoms with van der Waals surface area (Å²) in [4.78, 5) is 10.8. The van der Waals surface area contributed by atoms with E-state index in [0.717, 1.165) is 31.3 Å². The van der Waals surface area contributed by atoms with E-state index in [2.05, 4.69) is 27.1 Å². The van der Waals surface area contributed by atoms with Gasteiger partial charge in [-0.3, -0.25) is 0 Å². The van der Waals surface area contributed by atoms with Crippen LogP contribution in [0.15, 0.2) is 12.4 Å². The molecular formula is C10H16N4S. The summed E-state index contributed by atoms with van der Waals surface area (Å²) in [5.41, 5.74) is 0. The van der Waals surface area contributed by atoms with Crippen LogP contribution in [0, 0.1) is 0 Å². The zero-order valence-corrected chi connectivity index (χ0v) is 9.76. The normalized spacial score (nSPS) is 16.5. The molecule has 82 valence electrons. The van der Waals surface area contributed by atoms with E-state index in [0.29, 0.717) is 0 Å². The standard InChI is InChI=1S/C10H16N4S/c1-2-11-9-7-10(13-8-12-9)14-3-5-15-6-4-14/h7-8H,2-6H2,1H3,(H,11,12,13). The van der Waals surface area contributed by atoms with Crippen molar-refractivity contribution in [2.45, 2.75) is 6.92 Å². The van der Waals surface area contributed by atoms with E-state index in [1.807, 2.05) is 17.8 Å². The average molecular weight is 224 g/mol. The van der Waals surface area contributed by atoms with Crippen molar-refractivity contribution < 1.29 is 0 Å². The van der Waals surface area contributed by atoms with Crippen molar-refractivity contribution >= 4 is 23.4 Å². The van der Waals surface area contributed by atoms with Crippen LogP contribution in [0.4, 0.5) is 11.6 Å². The molecule has 0 amide bonds. The fourth-order valence-corrected chi connectivity index (χ4v) is 2.49. The Kier molecular flexibility index (Phi) is 3.66. The van der Waals surface area contributed by atoms with Crippen molar-refractivity contribution in [1.82, 2.24) is 9.97 Å². The van der Waals surface area contributed by atoms with Gasteiger partial charge in [0.15, 0.2) is 0 Å². The first-order valence-electron chi connectivity index (χ1n) is 5.29. The van der Waals surface area contributed by atoms with Gasteiger partial charge >= 0.3 is 0 Å². The third kappa shape index (κ3) is 2.75. The summed E-state index contributed by atoms with van der Waals surface area (Å²) in [6, 6.07) is 2.03. The second kappa shape index (κ2) is 5.21. The molecule has 0 saturated carbocycles. The number of anilines is 2. The summed E-state index contributed by atoms with van der Waals surface area (Å²) < 4.78 is 0. The van der Waals surface area contributed by atoms with Gasteiger partial charge in [-0.1, -0.05) is 0 Å². The topological polar surface area (TPSA) is 41.0 Å². The summed E-state index contributed by atoms with van der Waals surface area (Å²) in [6.45, 7) is 5.14. The fourth-order valence-electron chi connectivity index (χ4n) is 1.59. The molecular weight excluding hydrogens is 208 g/mol. The van der Waals surface area contributed by atoms with E-state index in [4.69, 9.17) is 0 Å². The minimum Gasteiger partial charge on any atom is -0.370 e. The molecule has 1 fully saturated rings. The predicted molar refractivity (Wildman–Crippen MR) is 65.7 cm³/mol. The number of nitrogens with one attached hydrogen (secondary N) is 1. The van der Waals surface area contributed by atoms with Gasteiger partial charge in [-0.15, -0.1) is 0 Å². The van der Waals surface area contributed by atoms with Crippen molar-refractivity contribution in [3.63, 3.8) is 0 Å². The highest BCUT2D eigenvalue weighted by molar-refractivity contribution is 7.99. The number of nitrogens with zero attached hydrogens (tertiary/aromatic N) is 3. The predicted octanol–water partition coefficient (Wildman–Crippen LogP) is 1.46. The van der Waals surface area contributed by atoms with E-state index in [-0.39, 0.29) is 0 Å². The Morgan fingerprint density at radius 1 is 1.40 bits per heavy atom. The molecule has 15 heavy (non-hydrogen) atoms. The van der Waals surface area contributed by atoms with Crippen molar-refractivity contribution in [2.24, 2.45) is 0 Å². The van der Waals surface area contributed by atoms with Crippen LogP contribution >= 0.6 is 11.8 Å². The molecule has 4 nitrogen and oxygen atoms in total. The first kappa shape index (κ1) is 10.5. The molecule has 0 bridgehead atoms. The lowest BCUT2D eigenvalue weighted by Crippen LogP contribution is -2.33.